The zero-order chi connectivity index (χ0) is 12.2. The van der Waals surface area contributed by atoms with Crippen molar-refractivity contribution in [3.8, 4) is 0 Å². The fourth-order valence-electron chi connectivity index (χ4n) is 2.59. The average molecular weight is 251 g/mol. The smallest absolute Gasteiger partial charge is 0.266 e. The zero-order valence-electron chi connectivity index (χ0n) is 10.8. The number of nitrogens with zero attached hydrogens (tertiary/aromatic N) is 4. The van der Waals surface area contributed by atoms with Crippen LogP contribution in [0, 0.1) is 0 Å². The molecule has 0 aromatic carbocycles. The molecule has 2 aliphatic heterocycles. The summed E-state index contributed by atoms with van der Waals surface area (Å²) in [6.45, 7) is 7.12. The van der Waals surface area contributed by atoms with Crippen molar-refractivity contribution in [3.05, 3.63) is 5.89 Å². The molecule has 0 amide bonds. The van der Waals surface area contributed by atoms with Crippen LogP contribution in [0.15, 0.2) is 4.52 Å². The number of rotatable bonds is 3. The van der Waals surface area contributed by atoms with Gasteiger partial charge in [-0.15, -0.1) is 0 Å². The van der Waals surface area contributed by atoms with Gasteiger partial charge in [-0.05, 0) is 24.4 Å². The minimum Gasteiger partial charge on any atom is -0.338 e. The lowest BCUT2D eigenvalue weighted by Crippen LogP contribution is -2.42. The Labute approximate surface area is 107 Å². The van der Waals surface area contributed by atoms with Crippen LogP contribution in [0.25, 0.3) is 0 Å². The first-order valence-electron chi connectivity index (χ1n) is 6.92. The molecule has 18 heavy (non-hydrogen) atoms. The summed E-state index contributed by atoms with van der Waals surface area (Å²) in [4.78, 5) is 9.10. The maximum Gasteiger partial charge on any atom is 0.266 e. The van der Waals surface area contributed by atoms with Crippen LogP contribution >= 0.6 is 0 Å². The van der Waals surface area contributed by atoms with E-state index in [1.54, 1.807) is 0 Å². The van der Waals surface area contributed by atoms with Gasteiger partial charge in [0.05, 0.1) is 6.54 Å². The first-order valence-corrected chi connectivity index (χ1v) is 6.92. The summed E-state index contributed by atoms with van der Waals surface area (Å²) in [5.41, 5.74) is 0. The number of anilines is 1. The summed E-state index contributed by atoms with van der Waals surface area (Å²) >= 11 is 0. The number of hydrogen-bond acceptors (Lipinski definition) is 6. The topological polar surface area (TPSA) is 57.4 Å². The van der Waals surface area contributed by atoms with E-state index in [1.165, 1.54) is 19.3 Å². The highest BCUT2D eigenvalue weighted by atomic mass is 16.5. The van der Waals surface area contributed by atoms with Gasteiger partial charge < -0.3 is 14.7 Å². The van der Waals surface area contributed by atoms with E-state index in [1.807, 2.05) is 0 Å². The van der Waals surface area contributed by atoms with E-state index >= 15 is 0 Å². The molecule has 0 atom stereocenters. The van der Waals surface area contributed by atoms with Crippen molar-refractivity contribution in [1.82, 2.24) is 20.4 Å². The van der Waals surface area contributed by atoms with Crippen LogP contribution in [-0.4, -0.2) is 54.3 Å². The molecule has 1 aromatic heterocycles. The molecule has 0 unspecified atom stereocenters. The van der Waals surface area contributed by atoms with Gasteiger partial charge in [0, 0.05) is 39.3 Å². The summed E-state index contributed by atoms with van der Waals surface area (Å²) in [6.07, 6.45) is 3.80. The molecular formula is C12H21N5O. The average Bonchev–Trinajstić information content (AvgIpc) is 2.89. The van der Waals surface area contributed by atoms with Gasteiger partial charge in [-0.25, -0.2) is 0 Å². The van der Waals surface area contributed by atoms with Gasteiger partial charge in [0.2, 0.25) is 5.89 Å². The number of aromatic nitrogens is 2. The van der Waals surface area contributed by atoms with Crippen molar-refractivity contribution in [1.29, 1.82) is 0 Å². The second-order valence-corrected chi connectivity index (χ2v) is 5.06. The van der Waals surface area contributed by atoms with Crippen molar-refractivity contribution in [3.63, 3.8) is 0 Å². The minimum atomic E-state index is 0.748. The summed E-state index contributed by atoms with van der Waals surface area (Å²) in [6, 6.07) is 0. The van der Waals surface area contributed by atoms with Gasteiger partial charge in [-0.1, -0.05) is 0 Å². The Morgan fingerprint density at radius 3 is 2.61 bits per heavy atom. The van der Waals surface area contributed by atoms with E-state index in [0.717, 1.165) is 57.7 Å². The van der Waals surface area contributed by atoms with Gasteiger partial charge in [-0.2, -0.15) is 4.98 Å². The van der Waals surface area contributed by atoms with E-state index in [-0.39, 0.29) is 0 Å². The minimum absolute atomic E-state index is 0.748. The lowest BCUT2D eigenvalue weighted by Gasteiger charge is -2.25. The molecular weight excluding hydrogens is 230 g/mol. The number of hydrogen-bond donors (Lipinski definition) is 1. The monoisotopic (exact) mass is 251 g/mol. The predicted octanol–water partition coefficient (Wildman–Crippen LogP) is 0.465. The predicted molar refractivity (Wildman–Crippen MR) is 68.5 cm³/mol. The normalized spacial score (nSPS) is 22.3. The van der Waals surface area contributed by atoms with Crippen molar-refractivity contribution in [2.24, 2.45) is 0 Å². The third-order valence-corrected chi connectivity index (χ3v) is 3.66. The molecule has 2 fully saturated rings. The SMILES string of the molecule is C1CCN(c2noc(CN3CCNCC3)n2)CC1. The Kier molecular flexibility index (Phi) is 3.75. The lowest BCUT2D eigenvalue weighted by molar-refractivity contribution is 0.203. The number of piperazine rings is 1. The molecule has 1 N–H and O–H groups in total. The van der Waals surface area contributed by atoms with Gasteiger partial charge in [0.1, 0.15) is 0 Å². The molecule has 0 saturated carbocycles. The van der Waals surface area contributed by atoms with Crippen LogP contribution in [-0.2, 0) is 6.54 Å². The Bertz CT molecular complexity index is 368. The van der Waals surface area contributed by atoms with Crippen molar-refractivity contribution in [2.75, 3.05) is 44.2 Å². The van der Waals surface area contributed by atoms with Gasteiger partial charge >= 0.3 is 0 Å². The molecule has 0 radical (unpaired) electrons. The van der Waals surface area contributed by atoms with E-state index in [2.05, 4.69) is 25.3 Å². The molecule has 2 saturated heterocycles. The van der Waals surface area contributed by atoms with Crippen LogP contribution in [0.5, 0.6) is 0 Å². The number of nitrogens with one attached hydrogen (secondary N) is 1. The van der Waals surface area contributed by atoms with Crippen molar-refractivity contribution < 1.29 is 4.52 Å². The highest BCUT2D eigenvalue weighted by Crippen LogP contribution is 2.16. The van der Waals surface area contributed by atoms with Crippen molar-refractivity contribution >= 4 is 5.95 Å². The molecule has 6 nitrogen and oxygen atoms in total. The maximum absolute atomic E-state index is 5.36. The molecule has 0 aliphatic carbocycles. The largest absolute Gasteiger partial charge is 0.338 e. The third-order valence-electron chi connectivity index (χ3n) is 3.66. The van der Waals surface area contributed by atoms with Gasteiger partial charge in [0.15, 0.2) is 0 Å². The summed E-state index contributed by atoms with van der Waals surface area (Å²) in [5, 5.41) is 7.44. The van der Waals surface area contributed by atoms with Crippen LogP contribution in [0.3, 0.4) is 0 Å². The second kappa shape index (κ2) is 5.67. The Balaban J connectivity index is 1.58. The Morgan fingerprint density at radius 1 is 1.06 bits per heavy atom. The molecule has 3 heterocycles. The van der Waals surface area contributed by atoms with E-state index in [4.69, 9.17) is 4.52 Å². The van der Waals surface area contributed by atoms with Crippen LogP contribution in [0.2, 0.25) is 0 Å². The van der Waals surface area contributed by atoms with E-state index in [0.29, 0.717) is 0 Å². The second-order valence-electron chi connectivity index (χ2n) is 5.06. The van der Waals surface area contributed by atoms with E-state index in [9.17, 15) is 0 Å². The Hall–Kier alpha value is -1.14. The molecule has 0 spiro atoms. The molecule has 6 heteroatoms. The van der Waals surface area contributed by atoms with Gasteiger partial charge in [0.25, 0.3) is 5.95 Å². The fraction of sp³-hybridized carbons (Fsp3) is 0.833. The molecule has 3 rings (SSSR count). The quantitative estimate of drug-likeness (QED) is 0.842. The molecule has 1 aromatic rings. The summed E-state index contributed by atoms with van der Waals surface area (Å²) < 4.78 is 5.36. The van der Waals surface area contributed by atoms with E-state index < -0.39 is 0 Å². The highest BCUT2D eigenvalue weighted by Gasteiger charge is 2.18. The molecule has 100 valence electrons. The third kappa shape index (κ3) is 2.81. The highest BCUT2D eigenvalue weighted by molar-refractivity contribution is 5.27. The summed E-state index contributed by atoms with van der Waals surface area (Å²) in [5.74, 6) is 1.53. The van der Waals surface area contributed by atoms with Crippen molar-refractivity contribution in [2.45, 2.75) is 25.8 Å². The molecule has 2 aliphatic rings. The van der Waals surface area contributed by atoms with Crippen LogP contribution in [0.1, 0.15) is 25.2 Å². The maximum atomic E-state index is 5.36. The van der Waals surface area contributed by atoms with Crippen LogP contribution in [0.4, 0.5) is 5.95 Å². The van der Waals surface area contributed by atoms with Crippen LogP contribution < -0.4 is 10.2 Å². The first-order chi connectivity index (χ1) is 8.92. The lowest BCUT2D eigenvalue weighted by atomic mass is 10.1. The zero-order valence-corrected chi connectivity index (χ0v) is 10.8. The Morgan fingerprint density at radius 2 is 1.83 bits per heavy atom. The fourth-order valence-corrected chi connectivity index (χ4v) is 2.59. The molecule has 0 bridgehead atoms. The summed E-state index contributed by atoms with van der Waals surface area (Å²) in [7, 11) is 0. The first kappa shape index (κ1) is 11.9. The standard InChI is InChI=1S/C12H21N5O/c1-2-6-17(7-3-1)12-14-11(18-15-12)10-16-8-4-13-5-9-16/h13H,1-10H2. The van der Waals surface area contributed by atoms with Gasteiger partial charge in [-0.3, -0.25) is 4.90 Å². The number of piperidine rings is 1.